The average Bonchev–Trinajstić information content (AvgIpc) is 3.54. The Morgan fingerprint density at radius 2 is 1.94 bits per heavy atom. The van der Waals surface area contributed by atoms with Crippen molar-refractivity contribution in [3.05, 3.63) is 67.4 Å². The van der Waals surface area contributed by atoms with Crippen LogP contribution in [0.25, 0.3) is 0 Å². The molecular weight excluding hydrogens is 422 g/mol. The van der Waals surface area contributed by atoms with Gasteiger partial charge in [0, 0.05) is 13.1 Å². The van der Waals surface area contributed by atoms with E-state index in [-0.39, 0.29) is 40.3 Å². The minimum absolute atomic E-state index is 0.0768. The number of para-hydroxylation sites is 1. The number of aryl methyl sites for hydroxylation is 1. The number of hydrogen-bond acceptors (Lipinski definition) is 7. The van der Waals surface area contributed by atoms with Crippen LogP contribution in [0.15, 0.2) is 38.3 Å². The molecule has 0 spiro atoms. The smallest absolute Gasteiger partial charge is 0.257 e. The van der Waals surface area contributed by atoms with Crippen LogP contribution in [-0.4, -0.2) is 29.0 Å². The molecule has 2 fully saturated rings. The van der Waals surface area contributed by atoms with E-state index in [2.05, 4.69) is 10.6 Å². The molecule has 3 aromatic rings. The van der Waals surface area contributed by atoms with Crippen LogP contribution in [0.5, 0.6) is 5.75 Å². The second-order valence-corrected chi connectivity index (χ2v) is 8.92. The highest BCUT2D eigenvalue weighted by Gasteiger charge is 2.31. The van der Waals surface area contributed by atoms with Gasteiger partial charge >= 0.3 is 0 Å². The molecule has 2 aromatic carbocycles. The van der Waals surface area contributed by atoms with Crippen molar-refractivity contribution in [2.24, 2.45) is 0 Å². The lowest BCUT2D eigenvalue weighted by Gasteiger charge is -2.31. The molecule has 0 bridgehead atoms. The summed E-state index contributed by atoms with van der Waals surface area (Å²) in [4.78, 5) is 38.9. The molecule has 1 aromatic heterocycles. The van der Waals surface area contributed by atoms with Crippen LogP contribution in [0, 0.1) is 6.92 Å². The minimum atomic E-state index is -0.666. The van der Waals surface area contributed by atoms with E-state index >= 15 is 0 Å². The van der Waals surface area contributed by atoms with Crippen molar-refractivity contribution in [1.29, 1.82) is 0 Å². The number of carbonyl (C=O) groups excluding carboxylic acids is 1. The van der Waals surface area contributed by atoms with E-state index in [4.69, 9.17) is 4.42 Å². The number of amides is 1. The molecule has 8 heteroatoms. The summed E-state index contributed by atoms with van der Waals surface area (Å²) in [5.41, 5.74) is 0.532. The molecule has 1 unspecified atom stereocenters. The molecular formula is C25H27N3O5. The number of carbonyl (C=O) groups is 1. The zero-order valence-corrected chi connectivity index (χ0v) is 18.7. The van der Waals surface area contributed by atoms with Crippen LogP contribution >= 0.6 is 0 Å². The third-order valence-electron chi connectivity index (χ3n) is 6.64. The Morgan fingerprint density at radius 1 is 1.21 bits per heavy atom. The first kappa shape index (κ1) is 21.3. The fourth-order valence-corrected chi connectivity index (χ4v) is 4.33. The lowest BCUT2D eigenvalue weighted by Crippen LogP contribution is -2.42. The molecule has 2 heterocycles. The second kappa shape index (κ2) is 8.10. The third-order valence-corrected chi connectivity index (χ3v) is 6.64. The topological polar surface area (TPSA) is 112 Å². The van der Waals surface area contributed by atoms with Crippen molar-refractivity contribution in [2.45, 2.75) is 51.5 Å². The molecule has 33 heavy (non-hydrogen) atoms. The highest BCUT2D eigenvalue weighted by molar-refractivity contribution is 5.99. The first-order valence-electron chi connectivity index (χ1n) is 11.5. The summed E-state index contributed by atoms with van der Waals surface area (Å²) in [6.07, 6.45) is 3.93. The number of phenolic OH excluding ortho intramolecular Hbond substituents is 1. The summed E-state index contributed by atoms with van der Waals surface area (Å²) in [5.74, 6) is 1.69. The van der Waals surface area contributed by atoms with Crippen molar-refractivity contribution in [1.82, 2.24) is 4.90 Å². The van der Waals surface area contributed by atoms with Gasteiger partial charge in [-0.3, -0.25) is 14.4 Å². The Morgan fingerprint density at radius 3 is 2.58 bits per heavy atom. The van der Waals surface area contributed by atoms with Crippen molar-refractivity contribution < 1.29 is 14.3 Å². The predicted molar refractivity (Wildman–Crippen MR) is 125 cm³/mol. The number of nitrogens with zero attached hydrogens (tertiary/aromatic N) is 1. The van der Waals surface area contributed by atoms with Gasteiger partial charge in [-0.2, -0.15) is 0 Å². The van der Waals surface area contributed by atoms with Crippen molar-refractivity contribution in [3.8, 4) is 5.75 Å². The monoisotopic (exact) mass is 449 g/mol. The molecule has 172 valence electrons. The van der Waals surface area contributed by atoms with Gasteiger partial charge in [0.1, 0.15) is 22.9 Å². The molecule has 3 N–H and O–H groups in total. The number of anilines is 3. The summed E-state index contributed by atoms with van der Waals surface area (Å²) < 4.78 is 5.97. The van der Waals surface area contributed by atoms with Gasteiger partial charge in [0.05, 0.1) is 17.3 Å². The molecule has 5 rings (SSSR count). The SMILES string of the molecule is CCC(Nc1c(Nc2cccc(C(=O)N3CCC3)c2O)c(=O)c1=O)c1cc(C2CC2)c(C)o1. The summed E-state index contributed by atoms with van der Waals surface area (Å²) in [6.45, 7) is 5.25. The summed E-state index contributed by atoms with van der Waals surface area (Å²) >= 11 is 0. The van der Waals surface area contributed by atoms with Gasteiger partial charge in [-0.1, -0.05) is 13.0 Å². The average molecular weight is 450 g/mol. The number of likely N-dealkylation sites (tertiary alicyclic amines) is 1. The number of aromatic hydroxyl groups is 1. The standard InChI is InChI=1S/C25H27N3O5/c1-3-17(19-12-16(13(2)33-19)14-8-9-14)26-20-21(24(31)23(20)30)27-18-7-4-6-15(22(18)29)25(32)28-10-5-11-28/h4,6-7,12,14,17,26-27,29H,3,5,8-11H2,1-2H3. The normalized spacial score (nSPS) is 16.5. The predicted octanol–water partition coefficient (Wildman–Crippen LogP) is 3.92. The zero-order valence-electron chi connectivity index (χ0n) is 18.7. The molecule has 1 aliphatic heterocycles. The van der Waals surface area contributed by atoms with E-state index in [1.165, 1.54) is 18.4 Å². The van der Waals surface area contributed by atoms with Crippen molar-refractivity contribution in [2.75, 3.05) is 23.7 Å². The fourth-order valence-electron chi connectivity index (χ4n) is 4.33. The van der Waals surface area contributed by atoms with Gasteiger partial charge < -0.3 is 25.1 Å². The number of phenols is 1. The van der Waals surface area contributed by atoms with E-state index in [9.17, 15) is 19.5 Å². The van der Waals surface area contributed by atoms with Crippen LogP contribution in [-0.2, 0) is 0 Å². The van der Waals surface area contributed by atoms with Crippen LogP contribution in [0.4, 0.5) is 17.1 Å². The number of benzene rings is 1. The molecule has 1 atom stereocenters. The minimum Gasteiger partial charge on any atom is -0.505 e. The van der Waals surface area contributed by atoms with Gasteiger partial charge in [0.2, 0.25) is 0 Å². The van der Waals surface area contributed by atoms with Gasteiger partial charge in [0.25, 0.3) is 16.8 Å². The number of hydrogen-bond donors (Lipinski definition) is 3. The quantitative estimate of drug-likeness (QED) is 0.353. The second-order valence-electron chi connectivity index (χ2n) is 8.92. The maximum atomic E-state index is 12.6. The molecule has 1 saturated heterocycles. The lowest BCUT2D eigenvalue weighted by atomic mass is 10.1. The highest BCUT2D eigenvalue weighted by Crippen LogP contribution is 2.44. The van der Waals surface area contributed by atoms with E-state index in [1.54, 1.807) is 23.1 Å². The molecule has 2 aliphatic rings. The number of nitrogens with one attached hydrogen (secondary N) is 2. The maximum absolute atomic E-state index is 12.6. The van der Waals surface area contributed by atoms with E-state index in [0.29, 0.717) is 25.4 Å². The third kappa shape index (κ3) is 3.69. The molecule has 1 aliphatic carbocycles. The Balaban J connectivity index is 1.39. The van der Waals surface area contributed by atoms with Crippen LogP contribution in [0.1, 0.15) is 72.0 Å². The number of rotatable bonds is 8. The van der Waals surface area contributed by atoms with E-state index in [0.717, 1.165) is 17.9 Å². The van der Waals surface area contributed by atoms with Gasteiger partial charge in [-0.15, -0.1) is 0 Å². The van der Waals surface area contributed by atoms with Crippen LogP contribution < -0.4 is 21.5 Å². The lowest BCUT2D eigenvalue weighted by molar-refractivity contribution is 0.0649. The summed E-state index contributed by atoms with van der Waals surface area (Å²) in [6, 6.07) is 6.52. The van der Waals surface area contributed by atoms with Gasteiger partial charge in [0.15, 0.2) is 5.75 Å². The summed E-state index contributed by atoms with van der Waals surface area (Å²) in [7, 11) is 0. The van der Waals surface area contributed by atoms with E-state index in [1.807, 2.05) is 19.9 Å². The fraction of sp³-hybridized carbons (Fsp3) is 0.400. The number of furan rings is 1. The highest BCUT2D eigenvalue weighted by atomic mass is 16.3. The Hall–Kier alpha value is -3.55. The molecule has 8 nitrogen and oxygen atoms in total. The van der Waals surface area contributed by atoms with Crippen molar-refractivity contribution in [3.63, 3.8) is 0 Å². The Kier molecular flexibility index (Phi) is 5.23. The molecule has 1 saturated carbocycles. The van der Waals surface area contributed by atoms with E-state index < -0.39 is 10.9 Å². The molecule has 0 radical (unpaired) electrons. The zero-order chi connectivity index (χ0) is 23.3. The largest absolute Gasteiger partial charge is 0.505 e. The maximum Gasteiger partial charge on any atom is 0.257 e. The summed E-state index contributed by atoms with van der Waals surface area (Å²) in [5, 5.41) is 16.7. The van der Waals surface area contributed by atoms with Crippen LogP contribution in [0.2, 0.25) is 0 Å². The van der Waals surface area contributed by atoms with Crippen molar-refractivity contribution >= 4 is 23.0 Å². The van der Waals surface area contributed by atoms with Gasteiger partial charge in [-0.25, -0.2) is 0 Å². The van der Waals surface area contributed by atoms with Crippen LogP contribution in [0.3, 0.4) is 0 Å². The van der Waals surface area contributed by atoms with Gasteiger partial charge in [-0.05, 0) is 62.3 Å². The Labute approximate surface area is 190 Å². The first-order chi connectivity index (χ1) is 15.9. The first-order valence-corrected chi connectivity index (χ1v) is 11.5. The molecule has 1 amide bonds. The Bertz CT molecular complexity index is 1290.